The summed E-state index contributed by atoms with van der Waals surface area (Å²) in [5.74, 6) is 0.961. The monoisotopic (exact) mass is 215 g/mol. The molecular formula is C9H10ClNO3. The van der Waals surface area contributed by atoms with E-state index in [0.717, 1.165) is 0 Å². The van der Waals surface area contributed by atoms with E-state index in [4.69, 9.17) is 21.1 Å². The maximum Gasteiger partial charge on any atom is 0.179 e. The Hall–Kier alpha value is -1.29. The molecule has 5 heteroatoms. The van der Waals surface area contributed by atoms with Gasteiger partial charge in [0.05, 0.1) is 19.2 Å². The zero-order valence-electron chi connectivity index (χ0n) is 7.91. The number of benzene rings is 1. The Bertz CT molecular complexity index is 341. The SMILES string of the molecule is COc1cc(CN=O)cc(Cl)c1OC. The van der Waals surface area contributed by atoms with E-state index in [1.807, 2.05) is 0 Å². The predicted molar refractivity (Wildman–Crippen MR) is 54.1 cm³/mol. The Labute approximate surface area is 86.8 Å². The molecule has 0 aliphatic heterocycles. The second-order valence-corrected chi connectivity index (χ2v) is 3.01. The van der Waals surface area contributed by atoms with E-state index >= 15 is 0 Å². The van der Waals surface area contributed by atoms with Crippen molar-refractivity contribution in [1.82, 2.24) is 0 Å². The Morgan fingerprint density at radius 1 is 1.36 bits per heavy atom. The Balaban J connectivity index is 3.16. The average Bonchev–Trinajstić information content (AvgIpc) is 2.17. The zero-order valence-corrected chi connectivity index (χ0v) is 8.67. The van der Waals surface area contributed by atoms with Gasteiger partial charge in [-0.1, -0.05) is 16.8 Å². The third-order valence-corrected chi connectivity index (χ3v) is 2.02. The minimum Gasteiger partial charge on any atom is -0.493 e. The van der Waals surface area contributed by atoms with Gasteiger partial charge >= 0.3 is 0 Å². The molecule has 0 spiro atoms. The molecule has 0 fully saturated rings. The first-order chi connectivity index (χ1) is 6.72. The lowest BCUT2D eigenvalue weighted by molar-refractivity contribution is 0.354. The molecule has 0 atom stereocenters. The first-order valence-electron chi connectivity index (χ1n) is 3.92. The highest BCUT2D eigenvalue weighted by Gasteiger charge is 2.10. The van der Waals surface area contributed by atoms with E-state index in [2.05, 4.69) is 5.18 Å². The van der Waals surface area contributed by atoms with Crippen LogP contribution >= 0.6 is 11.6 Å². The summed E-state index contributed by atoms with van der Waals surface area (Å²) in [7, 11) is 3.01. The molecule has 0 saturated carbocycles. The van der Waals surface area contributed by atoms with Crippen LogP contribution in [0.4, 0.5) is 0 Å². The summed E-state index contributed by atoms with van der Waals surface area (Å²) in [6.45, 7) is 0.0695. The van der Waals surface area contributed by atoms with Crippen molar-refractivity contribution in [3.63, 3.8) is 0 Å². The second kappa shape index (κ2) is 4.81. The van der Waals surface area contributed by atoms with Gasteiger partial charge in [-0.15, -0.1) is 0 Å². The molecule has 0 radical (unpaired) electrons. The molecule has 0 bridgehead atoms. The molecule has 1 aromatic rings. The van der Waals surface area contributed by atoms with Gasteiger partial charge in [0.15, 0.2) is 11.5 Å². The molecule has 0 unspecified atom stereocenters. The lowest BCUT2D eigenvalue weighted by Gasteiger charge is -2.10. The van der Waals surface area contributed by atoms with Crippen LogP contribution in [-0.2, 0) is 6.54 Å². The fourth-order valence-electron chi connectivity index (χ4n) is 1.14. The van der Waals surface area contributed by atoms with E-state index in [0.29, 0.717) is 22.1 Å². The molecule has 0 aliphatic carbocycles. The normalized spacial score (nSPS) is 9.64. The maximum atomic E-state index is 10.1. The molecule has 0 N–H and O–H groups in total. The quantitative estimate of drug-likeness (QED) is 0.726. The molecule has 0 aliphatic rings. The summed E-state index contributed by atoms with van der Waals surface area (Å²) in [5.41, 5.74) is 0.697. The van der Waals surface area contributed by atoms with Crippen LogP contribution in [0.15, 0.2) is 17.3 Å². The van der Waals surface area contributed by atoms with Crippen LogP contribution in [0.5, 0.6) is 11.5 Å². The van der Waals surface area contributed by atoms with Crippen molar-refractivity contribution in [1.29, 1.82) is 0 Å². The molecule has 1 aromatic carbocycles. The molecule has 76 valence electrons. The van der Waals surface area contributed by atoms with E-state index in [1.165, 1.54) is 14.2 Å². The van der Waals surface area contributed by atoms with E-state index in [-0.39, 0.29) is 6.54 Å². The minimum absolute atomic E-state index is 0.0695. The second-order valence-electron chi connectivity index (χ2n) is 2.60. The van der Waals surface area contributed by atoms with Gasteiger partial charge in [-0.2, -0.15) is 4.91 Å². The van der Waals surface area contributed by atoms with Crippen molar-refractivity contribution < 1.29 is 9.47 Å². The van der Waals surface area contributed by atoms with Gasteiger partial charge in [-0.25, -0.2) is 0 Å². The van der Waals surface area contributed by atoms with Gasteiger partial charge in [-0.05, 0) is 17.7 Å². The number of hydrogen-bond acceptors (Lipinski definition) is 4. The topological polar surface area (TPSA) is 47.9 Å². The summed E-state index contributed by atoms with van der Waals surface area (Å²) < 4.78 is 10.1. The highest BCUT2D eigenvalue weighted by Crippen LogP contribution is 2.36. The Kier molecular flexibility index (Phi) is 3.71. The number of nitrogens with zero attached hydrogens (tertiary/aromatic N) is 1. The Morgan fingerprint density at radius 3 is 2.57 bits per heavy atom. The van der Waals surface area contributed by atoms with Crippen LogP contribution in [-0.4, -0.2) is 14.2 Å². The van der Waals surface area contributed by atoms with Crippen molar-refractivity contribution in [3.8, 4) is 11.5 Å². The molecular weight excluding hydrogens is 206 g/mol. The van der Waals surface area contributed by atoms with Crippen LogP contribution in [0.2, 0.25) is 5.02 Å². The molecule has 0 amide bonds. The minimum atomic E-state index is 0.0695. The molecule has 4 nitrogen and oxygen atoms in total. The standard InChI is InChI=1S/C9H10ClNO3/c1-13-8-4-6(5-11-12)3-7(10)9(8)14-2/h3-4H,5H2,1-2H3. The largest absolute Gasteiger partial charge is 0.493 e. The summed E-state index contributed by atoms with van der Waals surface area (Å²) in [5, 5.41) is 3.18. The third kappa shape index (κ3) is 2.14. The van der Waals surface area contributed by atoms with Crippen molar-refractivity contribution >= 4 is 11.6 Å². The summed E-state index contributed by atoms with van der Waals surface area (Å²) in [4.78, 5) is 10.1. The number of hydrogen-bond donors (Lipinski definition) is 0. The third-order valence-electron chi connectivity index (χ3n) is 1.74. The van der Waals surface area contributed by atoms with E-state index in [1.54, 1.807) is 12.1 Å². The highest BCUT2D eigenvalue weighted by atomic mass is 35.5. The first-order valence-corrected chi connectivity index (χ1v) is 4.30. The lowest BCUT2D eigenvalue weighted by atomic mass is 10.2. The van der Waals surface area contributed by atoms with Gasteiger partial charge in [0.25, 0.3) is 0 Å². The van der Waals surface area contributed by atoms with Gasteiger partial charge in [0, 0.05) is 0 Å². The van der Waals surface area contributed by atoms with Gasteiger partial charge in [-0.3, -0.25) is 0 Å². The van der Waals surface area contributed by atoms with Crippen LogP contribution in [0.3, 0.4) is 0 Å². The molecule has 0 heterocycles. The van der Waals surface area contributed by atoms with E-state index < -0.39 is 0 Å². The van der Waals surface area contributed by atoms with Crippen LogP contribution in [0.25, 0.3) is 0 Å². The molecule has 0 aromatic heterocycles. The number of nitroso groups, excluding NO2 is 1. The van der Waals surface area contributed by atoms with Gasteiger partial charge in [0.1, 0.15) is 6.54 Å². The summed E-state index contributed by atoms with van der Waals surface area (Å²) in [6, 6.07) is 3.30. The van der Waals surface area contributed by atoms with Crippen molar-refractivity contribution in [2.24, 2.45) is 5.18 Å². The first kappa shape index (κ1) is 10.8. The maximum absolute atomic E-state index is 10.1. The van der Waals surface area contributed by atoms with Crippen molar-refractivity contribution in [2.45, 2.75) is 6.54 Å². The van der Waals surface area contributed by atoms with Crippen LogP contribution in [0, 0.1) is 4.91 Å². The smallest absolute Gasteiger partial charge is 0.179 e. The molecule has 14 heavy (non-hydrogen) atoms. The number of methoxy groups -OCH3 is 2. The Morgan fingerprint density at radius 2 is 2.07 bits per heavy atom. The van der Waals surface area contributed by atoms with Crippen LogP contribution < -0.4 is 9.47 Å². The van der Waals surface area contributed by atoms with Crippen molar-refractivity contribution in [3.05, 3.63) is 27.6 Å². The zero-order chi connectivity index (χ0) is 10.6. The number of rotatable bonds is 4. The molecule has 0 saturated heterocycles. The molecule has 1 rings (SSSR count). The number of halogens is 1. The lowest BCUT2D eigenvalue weighted by Crippen LogP contribution is -1.93. The number of ether oxygens (including phenoxy) is 2. The summed E-state index contributed by atoms with van der Waals surface area (Å²) >= 11 is 5.90. The van der Waals surface area contributed by atoms with Crippen molar-refractivity contribution in [2.75, 3.05) is 14.2 Å². The highest BCUT2D eigenvalue weighted by molar-refractivity contribution is 6.32. The van der Waals surface area contributed by atoms with Crippen LogP contribution in [0.1, 0.15) is 5.56 Å². The van der Waals surface area contributed by atoms with E-state index in [9.17, 15) is 4.91 Å². The fraction of sp³-hybridized carbons (Fsp3) is 0.333. The average molecular weight is 216 g/mol. The van der Waals surface area contributed by atoms with Gasteiger partial charge < -0.3 is 9.47 Å². The summed E-state index contributed by atoms with van der Waals surface area (Å²) in [6.07, 6.45) is 0. The predicted octanol–water partition coefficient (Wildman–Crippen LogP) is 2.62. The van der Waals surface area contributed by atoms with Gasteiger partial charge in [0.2, 0.25) is 0 Å². The fourth-order valence-corrected chi connectivity index (χ4v) is 1.45.